The van der Waals surface area contributed by atoms with E-state index >= 15 is 0 Å². The fourth-order valence-electron chi connectivity index (χ4n) is 2.61. The number of thioether (sulfide) groups is 1. The molecule has 26 heavy (non-hydrogen) atoms. The molecule has 2 heterocycles. The van der Waals surface area contributed by atoms with Gasteiger partial charge in [0.1, 0.15) is 10.7 Å². The van der Waals surface area contributed by atoms with Crippen LogP contribution in [0.4, 0.5) is 5.69 Å². The largest absolute Gasteiger partial charge is 0.325 e. The van der Waals surface area contributed by atoms with Crippen molar-refractivity contribution in [2.75, 3.05) is 5.32 Å². The van der Waals surface area contributed by atoms with Gasteiger partial charge in [0.25, 0.3) is 5.56 Å². The summed E-state index contributed by atoms with van der Waals surface area (Å²) in [6, 6.07) is 7.71. The van der Waals surface area contributed by atoms with E-state index in [9.17, 15) is 9.59 Å². The van der Waals surface area contributed by atoms with Gasteiger partial charge < -0.3 is 10.3 Å². The summed E-state index contributed by atoms with van der Waals surface area (Å²) in [6.07, 6.45) is 0. The first-order chi connectivity index (χ1) is 12.3. The van der Waals surface area contributed by atoms with Crippen LogP contribution in [-0.2, 0) is 10.5 Å². The SMILES string of the molecule is Cc1cccc(NC(=O)[C@@H](C)SCc2nc3sc(C)c(C)c3c(=O)[nH]2)c1. The Morgan fingerprint density at radius 3 is 2.85 bits per heavy atom. The Morgan fingerprint density at radius 2 is 2.12 bits per heavy atom. The summed E-state index contributed by atoms with van der Waals surface area (Å²) >= 11 is 2.98. The van der Waals surface area contributed by atoms with Crippen molar-refractivity contribution in [1.29, 1.82) is 0 Å². The lowest BCUT2D eigenvalue weighted by molar-refractivity contribution is -0.115. The predicted molar refractivity (Wildman–Crippen MR) is 110 cm³/mol. The maximum Gasteiger partial charge on any atom is 0.259 e. The van der Waals surface area contributed by atoms with E-state index in [1.54, 1.807) is 0 Å². The highest BCUT2D eigenvalue weighted by molar-refractivity contribution is 7.99. The highest BCUT2D eigenvalue weighted by Crippen LogP contribution is 2.26. The van der Waals surface area contributed by atoms with Crippen LogP contribution in [0.5, 0.6) is 0 Å². The first-order valence-electron chi connectivity index (χ1n) is 8.33. The smallest absolute Gasteiger partial charge is 0.259 e. The molecule has 2 aromatic heterocycles. The monoisotopic (exact) mass is 387 g/mol. The number of hydrogen-bond donors (Lipinski definition) is 2. The van der Waals surface area contributed by atoms with Gasteiger partial charge in [0.2, 0.25) is 5.91 Å². The zero-order valence-electron chi connectivity index (χ0n) is 15.2. The number of hydrogen-bond acceptors (Lipinski definition) is 5. The summed E-state index contributed by atoms with van der Waals surface area (Å²) in [5.41, 5.74) is 2.77. The number of rotatable bonds is 5. The minimum absolute atomic E-state index is 0.0631. The third kappa shape index (κ3) is 3.99. The Kier molecular flexibility index (Phi) is 5.48. The molecule has 1 aromatic carbocycles. The van der Waals surface area contributed by atoms with Crippen LogP contribution in [0, 0.1) is 20.8 Å². The van der Waals surface area contributed by atoms with E-state index in [-0.39, 0.29) is 16.7 Å². The van der Waals surface area contributed by atoms with Crippen molar-refractivity contribution >= 4 is 44.9 Å². The van der Waals surface area contributed by atoms with Gasteiger partial charge in [-0.05, 0) is 51.0 Å². The van der Waals surface area contributed by atoms with Gasteiger partial charge in [-0.2, -0.15) is 0 Å². The van der Waals surface area contributed by atoms with E-state index in [1.807, 2.05) is 52.0 Å². The van der Waals surface area contributed by atoms with Crippen LogP contribution in [0.2, 0.25) is 0 Å². The number of nitrogens with one attached hydrogen (secondary N) is 2. The molecule has 7 heteroatoms. The normalized spacial score (nSPS) is 12.3. The van der Waals surface area contributed by atoms with Crippen LogP contribution in [0.25, 0.3) is 10.2 Å². The molecule has 0 aliphatic carbocycles. The van der Waals surface area contributed by atoms with Gasteiger partial charge in [0.05, 0.1) is 16.4 Å². The van der Waals surface area contributed by atoms with Crippen molar-refractivity contribution in [3.63, 3.8) is 0 Å². The van der Waals surface area contributed by atoms with Crippen LogP contribution in [0.3, 0.4) is 0 Å². The lowest BCUT2D eigenvalue weighted by Crippen LogP contribution is -2.23. The number of carbonyl (C=O) groups excluding carboxylic acids is 1. The van der Waals surface area contributed by atoms with Gasteiger partial charge in [-0.1, -0.05) is 12.1 Å². The van der Waals surface area contributed by atoms with E-state index in [0.29, 0.717) is 17.0 Å². The van der Waals surface area contributed by atoms with E-state index in [2.05, 4.69) is 15.3 Å². The molecule has 0 spiro atoms. The minimum Gasteiger partial charge on any atom is -0.325 e. The van der Waals surface area contributed by atoms with Crippen LogP contribution >= 0.6 is 23.1 Å². The molecule has 136 valence electrons. The molecule has 2 N–H and O–H groups in total. The molecule has 0 bridgehead atoms. The number of aryl methyl sites for hydroxylation is 3. The average Bonchev–Trinajstić information content (AvgIpc) is 2.87. The molecule has 1 atom stereocenters. The molecule has 3 rings (SSSR count). The van der Waals surface area contributed by atoms with Gasteiger partial charge in [0, 0.05) is 10.6 Å². The van der Waals surface area contributed by atoms with Gasteiger partial charge in [-0.3, -0.25) is 9.59 Å². The number of aromatic amines is 1. The third-order valence-electron chi connectivity index (χ3n) is 4.21. The van der Waals surface area contributed by atoms with E-state index < -0.39 is 0 Å². The molecular weight excluding hydrogens is 366 g/mol. The fraction of sp³-hybridized carbons (Fsp3) is 0.316. The second-order valence-electron chi connectivity index (χ2n) is 6.29. The van der Waals surface area contributed by atoms with Crippen LogP contribution in [-0.4, -0.2) is 21.1 Å². The van der Waals surface area contributed by atoms with E-state index in [4.69, 9.17) is 0 Å². The Balaban J connectivity index is 1.67. The summed E-state index contributed by atoms with van der Waals surface area (Å²) < 4.78 is 0. The summed E-state index contributed by atoms with van der Waals surface area (Å²) in [6.45, 7) is 7.77. The van der Waals surface area contributed by atoms with Crippen molar-refractivity contribution in [3.05, 3.63) is 56.4 Å². The van der Waals surface area contributed by atoms with Crippen LogP contribution in [0.15, 0.2) is 29.1 Å². The Labute approximate surface area is 160 Å². The van der Waals surface area contributed by atoms with Crippen LogP contribution < -0.4 is 10.9 Å². The van der Waals surface area contributed by atoms with Gasteiger partial charge >= 0.3 is 0 Å². The topological polar surface area (TPSA) is 74.8 Å². The Morgan fingerprint density at radius 1 is 1.35 bits per heavy atom. The zero-order valence-corrected chi connectivity index (χ0v) is 16.8. The van der Waals surface area contributed by atoms with Gasteiger partial charge in [-0.25, -0.2) is 4.98 Å². The second kappa shape index (κ2) is 7.63. The summed E-state index contributed by atoms with van der Waals surface area (Å²) in [4.78, 5) is 33.9. The molecule has 0 aliphatic heterocycles. The Bertz CT molecular complexity index is 1020. The number of aromatic nitrogens is 2. The summed E-state index contributed by atoms with van der Waals surface area (Å²) in [5, 5.41) is 3.33. The lowest BCUT2D eigenvalue weighted by atomic mass is 10.2. The zero-order chi connectivity index (χ0) is 18.8. The number of anilines is 1. The van der Waals surface area contributed by atoms with E-state index in [0.717, 1.165) is 26.5 Å². The molecule has 0 fully saturated rings. The number of H-pyrrole nitrogens is 1. The Hall–Kier alpha value is -2.12. The molecule has 5 nitrogen and oxygen atoms in total. The number of nitrogens with zero attached hydrogens (tertiary/aromatic N) is 1. The second-order valence-corrected chi connectivity index (χ2v) is 8.82. The first kappa shape index (κ1) is 18.7. The standard InChI is InChI=1S/C19H21N3O2S2/c1-10-6-5-7-14(8-10)20-17(23)13(4)25-9-15-21-18(24)16-11(2)12(3)26-19(16)22-15/h5-8,13H,9H2,1-4H3,(H,20,23)(H,21,22,24)/t13-/m1/s1. The highest BCUT2D eigenvalue weighted by Gasteiger charge is 2.16. The van der Waals surface area contributed by atoms with Crippen molar-refractivity contribution in [2.45, 2.75) is 38.7 Å². The number of amides is 1. The molecule has 0 saturated carbocycles. The molecule has 0 radical (unpaired) electrons. The maximum absolute atomic E-state index is 12.4. The highest BCUT2D eigenvalue weighted by atomic mass is 32.2. The van der Waals surface area contributed by atoms with Crippen LogP contribution in [0.1, 0.15) is 28.8 Å². The quantitative estimate of drug-likeness (QED) is 0.689. The molecule has 0 saturated heterocycles. The lowest BCUT2D eigenvalue weighted by Gasteiger charge is -2.12. The molecular formula is C19H21N3O2S2. The van der Waals surface area contributed by atoms with Crippen molar-refractivity contribution < 1.29 is 4.79 Å². The van der Waals surface area contributed by atoms with Crippen molar-refractivity contribution in [1.82, 2.24) is 9.97 Å². The number of thiophene rings is 1. The molecule has 3 aromatic rings. The molecule has 0 unspecified atom stereocenters. The maximum atomic E-state index is 12.4. The summed E-state index contributed by atoms with van der Waals surface area (Å²) in [5.74, 6) is 1.01. The average molecular weight is 388 g/mol. The van der Waals surface area contributed by atoms with Gasteiger partial charge in [0.15, 0.2) is 0 Å². The van der Waals surface area contributed by atoms with E-state index in [1.165, 1.54) is 23.1 Å². The van der Waals surface area contributed by atoms with Gasteiger partial charge in [-0.15, -0.1) is 23.1 Å². The van der Waals surface area contributed by atoms with Crippen molar-refractivity contribution in [3.8, 4) is 0 Å². The minimum atomic E-state index is -0.261. The number of fused-ring (bicyclic) bond motifs is 1. The van der Waals surface area contributed by atoms with Crippen molar-refractivity contribution in [2.24, 2.45) is 0 Å². The fourth-order valence-corrected chi connectivity index (χ4v) is 4.42. The third-order valence-corrected chi connectivity index (χ3v) is 6.47. The summed E-state index contributed by atoms with van der Waals surface area (Å²) in [7, 11) is 0. The molecule has 0 aliphatic rings. The molecule has 1 amide bonds. The predicted octanol–water partition coefficient (Wildman–Crippen LogP) is 4.17. The number of benzene rings is 1. The first-order valence-corrected chi connectivity index (χ1v) is 10.2. The number of carbonyl (C=O) groups is 1.